The third kappa shape index (κ3) is 5.33. The van der Waals surface area contributed by atoms with Gasteiger partial charge >= 0.3 is 0 Å². The van der Waals surface area contributed by atoms with Gasteiger partial charge in [0.25, 0.3) is 0 Å². The molecule has 0 saturated carbocycles. The number of rotatable bonds is 8. The van der Waals surface area contributed by atoms with E-state index in [9.17, 15) is 5.11 Å². The maximum absolute atomic E-state index is 10.3. The topological polar surface area (TPSA) is 132 Å². The summed E-state index contributed by atoms with van der Waals surface area (Å²) in [4.78, 5) is 24.5. The molecule has 1 aliphatic carbocycles. The van der Waals surface area contributed by atoms with Crippen molar-refractivity contribution in [2.24, 2.45) is 17.1 Å². The van der Waals surface area contributed by atoms with Crippen LogP contribution in [0.4, 0.5) is 11.6 Å². The Morgan fingerprint density at radius 3 is 2.86 bits per heavy atom. The molecular formula is C31H39N7O4S. The molecule has 6 heterocycles. The van der Waals surface area contributed by atoms with E-state index in [1.165, 1.54) is 17.3 Å². The number of aromatic nitrogens is 4. The maximum Gasteiger partial charge on any atom is 0.175 e. The standard InChI is InChI=1S/C31H39N7O4S/c1-19-9-22-23(34-12-19)11-31(28(22)32)4-7-37(8-5-31)29-24(15-39)36-26(13-35-29)43-25-3-6-33-30-27(25)42-17-21-10-20(14-38(21)30)16-41-18-40-2/h3,6,9,12-13,20-21,28,39H,4-5,7-8,10-11,14-18,32H2,1-2H3/t20-,21-,28+/m0/s1. The Bertz CT molecular complexity index is 1480. The number of piperidine rings is 1. The van der Waals surface area contributed by atoms with E-state index < -0.39 is 0 Å². The molecule has 11 nitrogen and oxygen atoms in total. The van der Waals surface area contributed by atoms with Crippen molar-refractivity contribution in [3.05, 3.63) is 53.2 Å². The Morgan fingerprint density at radius 2 is 2.05 bits per heavy atom. The van der Waals surface area contributed by atoms with Gasteiger partial charge in [-0.3, -0.25) is 4.98 Å². The summed E-state index contributed by atoms with van der Waals surface area (Å²) in [7, 11) is 1.64. The van der Waals surface area contributed by atoms with E-state index in [0.29, 0.717) is 36.6 Å². The van der Waals surface area contributed by atoms with Crippen molar-refractivity contribution in [3.63, 3.8) is 0 Å². The van der Waals surface area contributed by atoms with E-state index in [-0.39, 0.29) is 24.1 Å². The number of aryl methyl sites for hydroxylation is 1. The average molecular weight is 606 g/mol. The van der Waals surface area contributed by atoms with E-state index in [2.05, 4.69) is 27.8 Å². The highest BCUT2D eigenvalue weighted by Gasteiger charge is 2.47. The van der Waals surface area contributed by atoms with Gasteiger partial charge in [0.1, 0.15) is 24.1 Å². The Kier molecular flexibility index (Phi) is 7.89. The lowest BCUT2D eigenvalue weighted by molar-refractivity contribution is -0.0414. The van der Waals surface area contributed by atoms with Crippen LogP contribution in [0.3, 0.4) is 0 Å². The average Bonchev–Trinajstić information content (AvgIpc) is 3.56. The zero-order valence-corrected chi connectivity index (χ0v) is 25.6. The maximum atomic E-state index is 10.3. The Hall–Kier alpha value is -3.03. The van der Waals surface area contributed by atoms with Crippen molar-refractivity contribution < 1.29 is 19.3 Å². The molecule has 0 bridgehead atoms. The van der Waals surface area contributed by atoms with Crippen molar-refractivity contribution in [2.45, 2.75) is 61.2 Å². The van der Waals surface area contributed by atoms with Crippen LogP contribution in [-0.4, -0.2) is 77.8 Å². The van der Waals surface area contributed by atoms with Gasteiger partial charge in [0, 0.05) is 56.8 Å². The number of hydrogen-bond acceptors (Lipinski definition) is 12. The Balaban J connectivity index is 1.04. The van der Waals surface area contributed by atoms with Crippen LogP contribution < -0.4 is 20.3 Å². The molecule has 7 rings (SSSR count). The van der Waals surface area contributed by atoms with E-state index in [1.54, 1.807) is 13.3 Å². The number of aliphatic hydroxyl groups excluding tert-OH is 1. The summed E-state index contributed by atoms with van der Waals surface area (Å²) in [5.41, 5.74) is 10.9. The molecule has 12 heteroatoms. The Labute approximate surface area is 256 Å². The highest BCUT2D eigenvalue weighted by Crippen LogP contribution is 2.51. The summed E-state index contributed by atoms with van der Waals surface area (Å²) < 4.78 is 16.9. The predicted molar refractivity (Wildman–Crippen MR) is 162 cm³/mol. The summed E-state index contributed by atoms with van der Waals surface area (Å²) in [6.07, 6.45) is 9.38. The number of ether oxygens (including phenoxy) is 3. The second-order valence-electron chi connectivity index (χ2n) is 12.2. The molecule has 3 N–H and O–H groups in total. The van der Waals surface area contributed by atoms with Crippen molar-refractivity contribution in [3.8, 4) is 5.75 Å². The van der Waals surface area contributed by atoms with Gasteiger partial charge in [0.15, 0.2) is 17.4 Å². The number of aliphatic hydroxyl groups is 1. The molecule has 4 aliphatic rings. The molecule has 0 aromatic carbocycles. The molecule has 0 amide bonds. The lowest BCUT2D eigenvalue weighted by Gasteiger charge is -2.42. The highest BCUT2D eigenvalue weighted by atomic mass is 32.2. The lowest BCUT2D eigenvalue weighted by atomic mass is 9.73. The van der Waals surface area contributed by atoms with E-state index in [1.807, 2.05) is 18.5 Å². The molecule has 1 spiro atoms. The minimum Gasteiger partial charge on any atom is -0.486 e. The van der Waals surface area contributed by atoms with Crippen molar-refractivity contribution in [1.82, 2.24) is 19.9 Å². The summed E-state index contributed by atoms with van der Waals surface area (Å²) >= 11 is 1.49. The molecule has 3 atom stereocenters. The smallest absolute Gasteiger partial charge is 0.175 e. The first-order valence-corrected chi connectivity index (χ1v) is 15.9. The van der Waals surface area contributed by atoms with Crippen molar-refractivity contribution in [2.75, 3.05) is 56.6 Å². The summed E-state index contributed by atoms with van der Waals surface area (Å²) in [5.74, 6) is 2.79. The second kappa shape index (κ2) is 11.8. The number of hydrogen-bond donors (Lipinski definition) is 2. The van der Waals surface area contributed by atoms with E-state index in [0.717, 1.165) is 78.9 Å². The molecule has 3 aromatic heterocycles. The molecule has 0 radical (unpaired) electrons. The Morgan fingerprint density at radius 1 is 1.19 bits per heavy atom. The summed E-state index contributed by atoms with van der Waals surface area (Å²) in [6, 6.07) is 4.44. The van der Waals surface area contributed by atoms with Crippen LogP contribution in [0.2, 0.25) is 0 Å². The monoisotopic (exact) mass is 605 g/mol. The van der Waals surface area contributed by atoms with E-state index >= 15 is 0 Å². The lowest BCUT2D eigenvalue weighted by Crippen LogP contribution is -2.45. The van der Waals surface area contributed by atoms with Crippen LogP contribution in [0.25, 0.3) is 0 Å². The molecule has 43 heavy (non-hydrogen) atoms. The molecule has 0 unspecified atom stereocenters. The fourth-order valence-electron chi connectivity index (χ4n) is 7.27. The first kappa shape index (κ1) is 28.7. The fraction of sp³-hybridized carbons (Fsp3) is 0.548. The molecule has 228 valence electrons. The van der Waals surface area contributed by atoms with Crippen LogP contribution in [0.5, 0.6) is 5.75 Å². The molecule has 2 saturated heterocycles. The number of fused-ring (bicyclic) bond motifs is 4. The third-order valence-electron chi connectivity index (χ3n) is 9.48. The number of pyridine rings is 2. The van der Waals surface area contributed by atoms with E-state index in [4.69, 9.17) is 34.9 Å². The minimum atomic E-state index is -0.181. The first-order chi connectivity index (χ1) is 21.0. The molecule has 2 fully saturated rings. The molecule has 3 aliphatic heterocycles. The summed E-state index contributed by atoms with van der Waals surface area (Å²) in [5, 5.41) is 11.0. The van der Waals surface area contributed by atoms with Gasteiger partial charge in [-0.15, -0.1) is 0 Å². The van der Waals surface area contributed by atoms with Crippen LogP contribution in [0.1, 0.15) is 47.8 Å². The quantitative estimate of drug-likeness (QED) is 0.289. The van der Waals surface area contributed by atoms with Gasteiger partial charge in [-0.2, -0.15) is 0 Å². The third-order valence-corrected chi connectivity index (χ3v) is 10.4. The molecular weight excluding hydrogens is 566 g/mol. The van der Waals surface area contributed by atoms with Gasteiger partial charge in [-0.1, -0.05) is 17.8 Å². The highest BCUT2D eigenvalue weighted by molar-refractivity contribution is 7.99. The molecule has 3 aromatic rings. The largest absolute Gasteiger partial charge is 0.486 e. The van der Waals surface area contributed by atoms with Gasteiger partial charge in [0.2, 0.25) is 0 Å². The van der Waals surface area contributed by atoms with Crippen LogP contribution in [-0.2, 0) is 22.5 Å². The number of nitrogens with zero attached hydrogens (tertiary/aromatic N) is 6. The van der Waals surface area contributed by atoms with Gasteiger partial charge < -0.3 is 34.9 Å². The second-order valence-corrected chi connectivity index (χ2v) is 13.3. The fourth-order valence-corrected chi connectivity index (χ4v) is 8.13. The van der Waals surface area contributed by atoms with Crippen LogP contribution in [0, 0.1) is 18.3 Å². The number of methoxy groups -OCH3 is 1. The zero-order valence-electron chi connectivity index (χ0n) is 24.7. The zero-order chi connectivity index (χ0) is 29.6. The van der Waals surface area contributed by atoms with Gasteiger partial charge in [0.05, 0.1) is 30.3 Å². The minimum absolute atomic E-state index is 0.00144. The normalized spacial score (nSPS) is 23.7. The van der Waals surface area contributed by atoms with Gasteiger partial charge in [-0.25, -0.2) is 15.0 Å². The van der Waals surface area contributed by atoms with Crippen molar-refractivity contribution in [1.29, 1.82) is 0 Å². The van der Waals surface area contributed by atoms with Crippen LogP contribution >= 0.6 is 11.8 Å². The van der Waals surface area contributed by atoms with Gasteiger partial charge in [-0.05, 0) is 55.2 Å². The summed E-state index contributed by atoms with van der Waals surface area (Å²) in [6.45, 7) is 5.97. The number of anilines is 2. The van der Waals surface area contributed by atoms with Crippen LogP contribution in [0.15, 0.2) is 40.6 Å². The number of nitrogens with two attached hydrogens (primary N) is 1. The SMILES string of the molecule is COCOC[C@H]1C[C@H]2COc3c(Sc4cnc(N5CCC6(CC5)Cc5ncc(C)cc5[C@H]6N)c(CO)n4)ccnc3N2C1. The van der Waals surface area contributed by atoms with Crippen molar-refractivity contribution >= 4 is 23.4 Å². The predicted octanol–water partition coefficient (Wildman–Crippen LogP) is 3.27. The first-order valence-electron chi connectivity index (χ1n) is 15.0.